The highest BCUT2D eigenvalue weighted by atomic mass is 16.5. The number of carbonyl (C=O) groups excluding carboxylic acids is 1. The van der Waals surface area contributed by atoms with Crippen LogP contribution in [0.3, 0.4) is 0 Å². The predicted octanol–water partition coefficient (Wildman–Crippen LogP) is 1.26. The molecule has 0 radical (unpaired) electrons. The number of carboxylic acid groups (broad SMARTS) is 1. The van der Waals surface area contributed by atoms with Crippen LogP contribution in [0.4, 0.5) is 0 Å². The molecule has 1 atom stereocenters. The summed E-state index contributed by atoms with van der Waals surface area (Å²) in [4.78, 5) is 24.4. The standard InChI is InChI=1S/C17H24N2O4/c20-16(21)12-19-10-4-7-15(19)11-18-9-8-17(22)23-13-14-5-2-1-3-6-14/h1-3,5-6,15,18H,4,7-13H2,(H,20,21)/t15-/m0/s1. The summed E-state index contributed by atoms with van der Waals surface area (Å²) < 4.78 is 5.21. The van der Waals surface area contributed by atoms with E-state index in [2.05, 4.69) is 5.32 Å². The minimum atomic E-state index is -0.790. The first-order valence-corrected chi connectivity index (χ1v) is 8.01. The van der Waals surface area contributed by atoms with Crippen molar-refractivity contribution >= 4 is 11.9 Å². The first kappa shape index (κ1) is 17.4. The van der Waals surface area contributed by atoms with Crippen molar-refractivity contribution in [3.8, 4) is 0 Å². The van der Waals surface area contributed by atoms with Gasteiger partial charge in [-0.05, 0) is 24.9 Å². The zero-order valence-electron chi connectivity index (χ0n) is 13.2. The molecule has 0 bridgehead atoms. The summed E-state index contributed by atoms with van der Waals surface area (Å²) in [7, 11) is 0. The van der Waals surface area contributed by atoms with Crippen LogP contribution in [0.25, 0.3) is 0 Å². The Morgan fingerprint density at radius 2 is 2.09 bits per heavy atom. The molecule has 1 fully saturated rings. The van der Waals surface area contributed by atoms with Gasteiger partial charge in [0.05, 0.1) is 13.0 Å². The molecule has 2 rings (SSSR count). The molecule has 0 spiro atoms. The molecule has 6 heteroatoms. The van der Waals surface area contributed by atoms with Crippen molar-refractivity contribution in [3.05, 3.63) is 35.9 Å². The van der Waals surface area contributed by atoms with Crippen molar-refractivity contribution in [2.75, 3.05) is 26.2 Å². The summed E-state index contributed by atoms with van der Waals surface area (Å²) in [5.41, 5.74) is 0.976. The lowest BCUT2D eigenvalue weighted by Crippen LogP contribution is -2.41. The van der Waals surface area contributed by atoms with Crippen LogP contribution in [0.5, 0.6) is 0 Å². The Morgan fingerprint density at radius 1 is 1.30 bits per heavy atom. The molecule has 2 N–H and O–H groups in total. The van der Waals surface area contributed by atoms with E-state index >= 15 is 0 Å². The summed E-state index contributed by atoms with van der Waals surface area (Å²) >= 11 is 0. The minimum absolute atomic E-state index is 0.0888. The molecular weight excluding hydrogens is 296 g/mol. The summed E-state index contributed by atoms with van der Waals surface area (Å²) in [6.45, 7) is 2.47. The van der Waals surface area contributed by atoms with Crippen molar-refractivity contribution in [1.82, 2.24) is 10.2 Å². The average Bonchev–Trinajstić information content (AvgIpc) is 2.97. The van der Waals surface area contributed by atoms with Crippen LogP contribution in [0.15, 0.2) is 30.3 Å². The van der Waals surface area contributed by atoms with Gasteiger partial charge in [0.15, 0.2) is 0 Å². The third-order valence-corrected chi connectivity index (χ3v) is 3.97. The number of hydrogen-bond donors (Lipinski definition) is 2. The van der Waals surface area contributed by atoms with Crippen LogP contribution in [0.2, 0.25) is 0 Å². The van der Waals surface area contributed by atoms with Crippen molar-refractivity contribution in [2.24, 2.45) is 0 Å². The highest BCUT2D eigenvalue weighted by Gasteiger charge is 2.25. The number of benzene rings is 1. The minimum Gasteiger partial charge on any atom is -0.480 e. The van der Waals surface area contributed by atoms with Gasteiger partial charge in [0.2, 0.25) is 0 Å². The van der Waals surface area contributed by atoms with E-state index in [-0.39, 0.29) is 18.6 Å². The van der Waals surface area contributed by atoms with Crippen molar-refractivity contribution in [2.45, 2.75) is 31.9 Å². The fourth-order valence-corrected chi connectivity index (χ4v) is 2.78. The van der Waals surface area contributed by atoms with Gasteiger partial charge in [-0.25, -0.2) is 0 Å². The van der Waals surface area contributed by atoms with Gasteiger partial charge in [-0.15, -0.1) is 0 Å². The van der Waals surface area contributed by atoms with Gasteiger partial charge in [-0.1, -0.05) is 30.3 Å². The first-order valence-electron chi connectivity index (χ1n) is 8.01. The van der Waals surface area contributed by atoms with Crippen molar-refractivity contribution in [3.63, 3.8) is 0 Å². The molecule has 23 heavy (non-hydrogen) atoms. The second-order valence-electron chi connectivity index (χ2n) is 5.76. The topological polar surface area (TPSA) is 78.9 Å². The van der Waals surface area contributed by atoms with E-state index in [1.54, 1.807) is 0 Å². The van der Waals surface area contributed by atoms with Gasteiger partial charge in [0, 0.05) is 19.1 Å². The second kappa shape index (κ2) is 9.27. The fourth-order valence-electron chi connectivity index (χ4n) is 2.78. The van der Waals surface area contributed by atoms with Crippen LogP contribution < -0.4 is 5.32 Å². The number of nitrogens with one attached hydrogen (secondary N) is 1. The SMILES string of the molecule is O=C(O)CN1CCC[C@H]1CNCCC(=O)OCc1ccccc1. The van der Waals surface area contributed by atoms with E-state index in [1.807, 2.05) is 35.2 Å². The van der Waals surface area contributed by atoms with Crippen molar-refractivity contribution in [1.29, 1.82) is 0 Å². The number of carboxylic acids is 1. The lowest BCUT2D eigenvalue weighted by atomic mass is 10.2. The Morgan fingerprint density at radius 3 is 2.83 bits per heavy atom. The summed E-state index contributed by atoms with van der Waals surface area (Å²) in [6.07, 6.45) is 2.34. The molecule has 6 nitrogen and oxygen atoms in total. The molecule has 1 aromatic rings. The first-order chi connectivity index (χ1) is 11.1. The number of nitrogens with zero attached hydrogens (tertiary/aromatic N) is 1. The summed E-state index contributed by atoms with van der Waals surface area (Å²) in [5.74, 6) is -1.02. The van der Waals surface area contributed by atoms with Gasteiger partial charge in [0.25, 0.3) is 0 Å². The van der Waals surface area contributed by atoms with Gasteiger partial charge in [0.1, 0.15) is 6.61 Å². The molecule has 126 valence electrons. The predicted molar refractivity (Wildman–Crippen MR) is 86.0 cm³/mol. The maximum Gasteiger partial charge on any atom is 0.317 e. The molecule has 0 amide bonds. The lowest BCUT2D eigenvalue weighted by Gasteiger charge is -2.22. The number of ether oxygens (including phenoxy) is 1. The number of carbonyl (C=O) groups is 2. The number of aliphatic carboxylic acids is 1. The second-order valence-corrected chi connectivity index (χ2v) is 5.76. The molecule has 0 unspecified atom stereocenters. The van der Waals surface area contributed by atoms with E-state index in [4.69, 9.17) is 9.84 Å². The van der Waals surface area contributed by atoms with Gasteiger partial charge in [-0.3, -0.25) is 14.5 Å². The lowest BCUT2D eigenvalue weighted by molar-refractivity contribution is -0.144. The van der Waals surface area contributed by atoms with E-state index in [0.717, 1.165) is 24.9 Å². The molecule has 0 saturated carbocycles. The normalized spacial score (nSPS) is 18.0. The number of rotatable bonds is 9. The van der Waals surface area contributed by atoms with Crippen LogP contribution >= 0.6 is 0 Å². The molecule has 0 aromatic heterocycles. The zero-order chi connectivity index (χ0) is 16.5. The van der Waals surface area contributed by atoms with Gasteiger partial charge >= 0.3 is 11.9 Å². The van der Waals surface area contributed by atoms with E-state index < -0.39 is 5.97 Å². The smallest absolute Gasteiger partial charge is 0.317 e. The third kappa shape index (κ3) is 6.38. The monoisotopic (exact) mass is 320 g/mol. The Hall–Kier alpha value is -1.92. The van der Waals surface area contributed by atoms with Gasteiger partial charge in [-0.2, -0.15) is 0 Å². The summed E-state index contributed by atoms with van der Waals surface area (Å²) in [5, 5.41) is 12.1. The van der Waals surface area contributed by atoms with Gasteiger partial charge < -0.3 is 15.2 Å². The largest absolute Gasteiger partial charge is 0.480 e. The van der Waals surface area contributed by atoms with E-state index in [9.17, 15) is 9.59 Å². The molecule has 0 aliphatic carbocycles. The Kier molecular flexibility index (Phi) is 7.03. The van der Waals surface area contributed by atoms with E-state index in [0.29, 0.717) is 26.1 Å². The molecule has 1 aromatic carbocycles. The fraction of sp³-hybridized carbons (Fsp3) is 0.529. The number of likely N-dealkylation sites (tertiary alicyclic amines) is 1. The Bertz CT molecular complexity index is 507. The van der Waals surface area contributed by atoms with Crippen LogP contribution in [0, 0.1) is 0 Å². The van der Waals surface area contributed by atoms with Crippen molar-refractivity contribution < 1.29 is 19.4 Å². The molecule has 1 aliphatic heterocycles. The highest BCUT2D eigenvalue weighted by Crippen LogP contribution is 2.15. The summed E-state index contributed by atoms with van der Waals surface area (Å²) in [6, 6.07) is 9.83. The average molecular weight is 320 g/mol. The molecule has 1 heterocycles. The van der Waals surface area contributed by atoms with Crippen LogP contribution in [0.1, 0.15) is 24.8 Å². The Balaban J connectivity index is 1.57. The number of hydrogen-bond acceptors (Lipinski definition) is 5. The van der Waals surface area contributed by atoms with E-state index in [1.165, 1.54) is 0 Å². The maximum absolute atomic E-state index is 11.7. The molecule has 1 aliphatic rings. The highest BCUT2D eigenvalue weighted by molar-refractivity contribution is 5.69. The molecule has 1 saturated heterocycles. The van der Waals surface area contributed by atoms with Crippen LogP contribution in [-0.2, 0) is 20.9 Å². The number of esters is 1. The maximum atomic E-state index is 11.7. The zero-order valence-corrected chi connectivity index (χ0v) is 13.2. The van der Waals surface area contributed by atoms with Crippen LogP contribution in [-0.4, -0.2) is 54.2 Å². The quantitative estimate of drug-likeness (QED) is 0.527. The Labute approximate surface area is 136 Å². The molecular formula is C17H24N2O4. The third-order valence-electron chi connectivity index (χ3n) is 3.97.